The van der Waals surface area contributed by atoms with E-state index >= 15 is 0 Å². The number of aliphatic hydroxyl groups is 1. The van der Waals surface area contributed by atoms with Crippen LogP contribution in [-0.4, -0.2) is 31.5 Å². The van der Waals surface area contributed by atoms with Gasteiger partial charge in [-0.2, -0.15) is 0 Å². The van der Waals surface area contributed by atoms with E-state index in [1.165, 1.54) is 19.3 Å². The molecule has 88 valence electrons. The molecule has 0 rings (SSSR count). The van der Waals surface area contributed by atoms with Crippen molar-refractivity contribution in [3.63, 3.8) is 0 Å². The van der Waals surface area contributed by atoms with Crippen LogP contribution >= 0.6 is 0 Å². The highest BCUT2D eigenvalue weighted by Gasteiger charge is 1.86. The fourth-order valence-corrected chi connectivity index (χ4v) is 1.06. The van der Waals surface area contributed by atoms with E-state index in [2.05, 4.69) is 19.0 Å². The van der Waals surface area contributed by atoms with Gasteiger partial charge >= 0.3 is 0 Å². The van der Waals surface area contributed by atoms with E-state index in [-0.39, 0.29) is 6.61 Å². The van der Waals surface area contributed by atoms with Crippen molar-refractivity contribution in [3.8, 4) is 12.0 Å². The number of hydrogen-bond acceptors (Lipinski definition) is 3. The van der Waals surface area contributed by atoms with Crippen molar-refractivity contribution < 1.29 is 14.6 Å². The van der Waals surface area contributed by atoms with Gasteiger partial charge in [-0.25, -0.2) is 0 Å². The highest BCUT2D eigenvalue weighted by Crippen LogP contribution is 2.00. The Labute approximate surface area is 92.8 Å². The van der Waals surface area contributed by atoms with E-state index in [0.29, 0.717) is 19.8 Å². The molecule has 0 amide bonds. The maximum Gasteiger partial charge on any atom is 0.123 e. The Balaban J connectivity index is 3.03. The highest BCUT2D eigenvalue weighted by molar-refractivity contribution is 4.90. The largest absolute Gasteiger partial charge is 0.444 e. The van der Waals surface area contributed by atoms with Gasteiger partial charge in [0.25, 0.3) is 0 Å². The third-order valence-corrected chi connectivity index (χ3v) is 1.87. The summed E-state index contributed by atoms with van der Waals surface area (Å²) in [6, 6.07) is 0. The van der Waals surface area contributed by atoms with Crippen LogP contribution < -0.4 is 0 Å². The minimum Gasteiger partial charge on any atom is -0.444 e. The van der Waals surface area contributed by atoms with Gasteiger partial charge in [0.1, 0.15) is 12.7 Å². The summed E-state index contributed by atoms with van der Waals surface area (Å²) in [5.74, 6) is 2.96. The average Bonchev–Trinajstić information content (AvgIpc) is 2.26. The van der Waals surface area contributed by atoms with Crippen molar-refractivity contribution in [2.24, 2.45) is 0 Å². The van der Waals surface area contributed by atoms with Crippen LogP contribution in [0.3, 0.4) is 0 Å². The molecule has 3 nitrogen and oxygen atoms in total. The molecule has 3 heteroatoms. The zero-order valence-corrected chi connectivity index (χ0v) is 9.63. The lowest BCUT2D eigenvalue weighted by molar-refractivity contribution is 0.0642. The highest BCUT2D eigenvalue weighted by atomic mass is 16.5. The van der Waals surface area contributed by atoms with E-state index in [1.807, 2.05) is 0 Å². The molecule has 0 bridgehead atoms. The minimum atomic E-state index is 0.0586. The average molecular weight is 214 g/mol. The van der Waals surface area contributed by atoms with Crippen LogP contribution in [0, 0.1) is 12.0 Å². The Morgan fingerprint density at radius 1 is 1.07 bits per heavy atom. The lowest BCUT2D eigenvalue weighted by Crippen LogP contribution is -2.05. The summed E-state index contributed by atoms with van der Waals surface area (Å²) in [6.45, 7) is 3.59. The number of aliphatic hydroxyl groups excluding tert-OH is 1. The normalized spacial score (nSPS) is 9.47. The monoisotopic (exact) mass is 214 g/mol. The summed E-state index contributed by atoms with van der Waals surface area (Å²) in [5.41, 5.74) is 0. The number of rotatable bonds is 9. The van der Waals surface area contributed by atoms with E-state index in [0.717, 1.165) is 12.8 Å². The standard InChI is InChI=1S/C12H22O3/c1-2-3-4-5-6-7-9-14-11-12-15-10-8-13/h13H,2-6,8,10-12H2,1H3. The molecule has 0 saturated carbocycles. The Hall–Kier alpha value is -0.720. The van der Waals surface area contributed by atoms with Gasteiger partial charge in [-0.05, 0) is 6.42 Å². The third kappa shape index (κ3) is 13.3. The van der Waals surface area contributed by atoms with Gasteiger partial charge in [0.15, 0.2) is 0 Å². The van der Waals surface area contributed by atoms with Crippen molar-refractivity contribution in [3.05, 3.63) is 0 Å². The van der Waals surface area contributed by atoms with Gasteiger partial charge in [-0.3, -0.25) is 0 Å². The molecule has 0 aliphatic carbocycles. The van der Waals surface area contributed by atoms with Crippen LogP contribution in [0.25, 0.3) is 0 Å². The van der Waals surface area contributed by atoms with Gasteiger partial charge < -0.3 is 14.6 Å². The molecule has 0 unspecified atom stereocenters. The molecule has 0 saturated heterocycles. The molecule has 0 aromatic rings. The first-order valence-corrected chi connectivity index (χ1v) is 5.70. The SMILES string of the molecule is CCCCCCC#COCCOCCO. The number of ether oxygens (including phenoxy) is 2. The first-order chi connectivity index (χ1) is 7.41. The van der Waals surface area contributed by atoms with Gasteiger partial charge in [-0.15, -0.1) is 0 Å². The summed E-state index contributed by atoms with van der Waals surface area (Å²) in [5, 5.41) is 8.42. The fraction of sp³-hybridized carbons (Fsp3) is 0.833. The molecule has 0 aromatic heterocycles. The molecule has 0 aliphatic rings. The van der Waals surface area contributed by atoms with Gasteiger partial charge in [0.05, 0.1) is 19.8 Å². The smallest absolute Gasteiger partial charge is 0.123 e. The van der Waals surface area contributed by atoms with E-state index in [1.54, 1.807) is 0 Å². The molecule has 1 N–H and O–H groups in total. The molecule has 0 aromatic carbocycles. The summed E-state index contributed by atoms with van der Waals surface area (Å²) in [7, 11) is 0. The quantitative estimate of drug-likeness (QED) is 0.471. The fourth-order valence-electron chi connectivity index (χ4n) is 1.06. The van der Waals surface area contributed by atoms with Gasteiger partial charge in [0.2, 0.25) is 0 Å². The first-order valence-electron chi connectivity index (χ1n) is 5.70. The first kappa shape index (κ1) is 14.3. The Morgan fingerprint density at radius 2 is 1.93 bits per heavy atom. The summed E-state index contributed by atoms with van der Waals surface area (Å²) >= 11 is 0. The summed E-state index contributed by atoms with van der Waals surface area (Å²) < 4.78 is 10.0. The zero-order chi connectivity index (χ0) is 11.2. The predicted molar refractivity (Wildman–Crippen MR) is 60.4 cm³/mol. The molecule has 15 heavy (non-hydrogen) atoms. The molecular formula is C12H22O3. The molecule has 0 atom stereocenters. The molecular weight excluding hydrogens is 192 g/mol. The molecule has 0 heterocycles. The summed E-state index contributed by atoms with van der Waals surface area (Å²) in [6.07, 6.45) is 8.52. The van der Waals surface area contributed by atoms with Crippen LogP contribution in [0.5, 0.6) is 0 Å². The predicted octanol–water partition coefficient (Wildman–Crippen LogP) is 1.94. The zero-order valence-electron chi connectivity index (χ0n) is 9.63. The lowest BCUT2D eigenvalue weighted by atomic mass is 10.2. The Kier molecular flexibility index (Phi) is 12.6. The van der Waals surface area contributed by atoms with Crippen molar-refractivity contribution in [2.75, 3.05) is 26.4 Å². The minimum absolute atomic E-state index is 0.0586. The maximum absolute atomic E-state index is 8.42. The summed E-state index contributed by atoms with van der Waals surface area (Å²) in [4.78, 5) is 0. The van der Waals surface area contributed by atoms with Crippen molar-refractivity contribution in [2.45, 2.75) is 39.0 Å². The van der Waals surface area contributed by atoms with E-state index in [9.17, 15) is 0 Å². The van der Waals surface area contributed by atoms with Gasteiger partial charge in [0, 0.05) is 6.42 Å². The van der Waals surface area contributed by atoms with Crippen LogP contribution in [-0.2, 0) is 9.47 Å². The van der Waals surface area contributed by atoms with E-state index in [4.69, 9.17) is 14.6 Å². The topological polar surface area (TPSA) is 38.7 Å². The van der Waals surface area contributed by atoms with Crippen LogP contribution in [0.15, 0.2) is 0 Å². The van der Waals surface area contributed by atoms with Crippen molar-refractivity contribution >= 4 is 0 Å². The van der Waals surface area contributed by atoms with E-state index < -0.39 is 0 Å². The van der Waals surface area contributed by atoms with Crippen LogP contribution in [0.1, 0.15) is 39.0 Å². The number of hydrogen-bond donors (Lipinski definition) is 1. The molecule has 0 fully saturated rings. The second-order valence-corrected chi connectivity index (χ2v) is 3.27. The van der Waals surface area contributed by atoms with Crippen LogP contribution in [0.2, 0.25) is 0 Å². The molecule has 0 spiro atoms. The van der Waals surface area contributed by atoms with Crippen molar-refractivity contribution in [1.29, 1.82) is 0 Å². The molecule has 0 aliphatic heterocycles. The second kappa shape index (κ2) is 13.3. The van der Waals surface area contributed by atoms with Crippen LogP contribution in [0.4, 0.5) is 0 Å². The molecule has 0 radical (unpaired) electrons. The maximum atomic E-state index is 8.42. The lowest BCUT2D eigenvalue weighted by Gasteiger charge is -1.99. The van der Waals surface area contributed by atoms with Gasteiger partial charge in [-0.1, -0.05) is 32.1 Å². The Morgan fingerprint density at radius 3 is 2.67 bits per heavy atom. The Bertz CT molecular complexity index is 169. The number of unbranched alkanes of at least 4 members (excludes halogenated alkanes) is 4. The third-order valence-electron chi connectivity index (χ3n) is 1.87. The van der Waals surface area contributed by atoms with Crippen molar-refractivity contribution in [1.82, 2.24) is 0 Å². The second-order valence-electron chi connectivity index (χ2n) is 3.27.